The molecule has 190 valence electrons. The molecule has 0 spiro atoms. The Bertz CT molecular complexity index is 1160. The number of hydrogen-bond donors (Lipinski definition) is 2. The van der Waals surface area contributed by atoms with Gasteiger partial charge in [-0.1, -0.05) is 35.9 Å². The molecule has 3 aromatic carbocycles. The van der Waals surface area contributed by atoms with Gasteiger partial charge in [-0.2, -0.15) is 0 Å². The summed E-state index contributed by atoms with van der Waals surface area (Å²) in [7, 11) is 0. The molecule has 3 rings (SSSR count). The second kappa shape index (κ2) is 12.6. The van der Waals surface area contributed by atoms with E-state index in [0.29, 0.717) is 41.7 Å². The zero-order chi connectivity index (χ0) is 26.1. The van der Waals surface area contributed by atoms with Gasteiger partial charge in [0.1, 0.15) is 11.5 Å². The smallest absolute Gasteiger partial charge is 0.255 e. The molecule has 0 atom stereocenters. The molecule has 0 heterocycles. The molecule has 0 fully saturated rings. The number of carbonyl (C=O) groups is 2. The van der Waals surface area contributed by atoms with Crippen molar-refractivity contribution in [3.8, 4) is 11.5 Å². The number of benzene rings is 3. The van der Waals surface area contributed by atoms with Gasteiger partial charge in [0.2, 0.25) is 5.91 Å². The number of nitrogens with one attached hydrogen (secondary N) is 2. The Hall–Kier alpha value is -4.00. The van der Waals surface area contributed by atoms with E-state index in [1.54, 1.807) is 36.4 Å². The van der Waals surface area contributed by atoms with Gasteiger partial charge in [-0.25, -0.2) is 0 Å². The molecule has 7 heteroatoms. The van der Waals surface area contributed by atoms with Gasteiger partial charge in [0.05, 0.1) is 31.1 Å². The van der Waals surface area contributed by atoms with E-state index in [4.69, 9.17) is 9.47 Å². The normalized spacial score (nSPS) is 10.6. The maximum atomic E-state index is 13.1. The summed E-state index contributed by atoms with van der Waals surface area (Å²) in [6.07, 6.45) is 0. The van der Waals surface area contributed by atoms with E-state index < -0.39 is 0 Å². The Kier molecular flexibility index (Phi) is 9.33. The zero-order valence-electron chi connectivity index (χ0n) is 21.6. The molecule has 0 aromatic heterocycles. The predicted molar refractivity (Wildman–Crippen MR) is 145 cm³/mol. The molecule has 0 bridgehead atoms. The third-order valence-corrected chi connectivity index (χ3v) is 5.54. The Labute approximate surface area is 213 Å². The highest BCUT2D eigenvalue weighted by Crippen LogP contribution is 2.37. The van der Waals surface area contributed by atoms with Gasteiger partial charge < -0.3 is 25.0 Å². The van der Waals surface area contributed by atoms with Crippen LogP contribution in [0.15, 0.2) is 66.7 Å². The lowest BCUT2D eigenvalue weighted by Gasteiger charge is -2.28. The number of carbonyl (C=O) groups excluding carboxylic acids is 2. The number of hydrogen-bond acceptors (Lipinski definition) is 5. The number of nitrogens with zero attached hydrogens (tertiary/aromatic N) is 1. The van der Waals surface area contributed by atoms with Crippen LogP contribution >= 0.6 is 0 Å². The largest absolute Gasteiger partial charge is 0.492 e. The molecule has 0 saturated carbocycles. The second-order valence-corrected chi connectivity index (χ2v) is 8.64. The van der Waals surface area contributed by atoms with Crippen LogP contribution in [0.4, 0.5) is 17.1 Å². The third-order valence-electron chi connectivity index (χ3n) is 5.54. The van der Waals surface area contributed by atoms with Crippen LogP contribution in [0.2, 0.25) is 0 Å². The first-order chi connectivity index (χ1) is 17.3. The highest BCUT2D eigenvalue weighted by Gasteiger charge is 2.19. The van der Waals surface area contributed by atoms with Gasteiger partial charge in [-0.3, -0.25) is 9.59 Å². The predicted octanol–water partition coefficient (Wildman–Crippen LogP) is 5.90. The lowest BCUT2D eigenvalue weighted by atomic mass is 10.1. The summed E-state index contributed by atoms with van der Waals surface area (Å²) in [5.74, 6) is 0.444. The van der Waals surface area contributed by atoms with Crippen LogP contribution in [0.25, 0.3) is 0 Å². The van der Waals surface area contributed by atoms with Crippen LogP contribution in [0.3, 0.4) is 0 Å². The number of anilines is 3. The molecule has 2 N–H and O–H groups in total. The van der Waals surface area contributed by atoms with Gasteiger partial charge in [0.15, 0.2) is 0 Å². The molecular formula is C29H35N3O4. The van der Waals surface area contributed by atoms with E-state index in [9.17, 15) is 9.59 Å². The van der Waals surface area contributed by atoms with Crippen molar-refractivity contribution in [3.05, 3.63) is 77.9 Å². The van der Waals surface area contributed by atoms with E-state index in [0.717, 1.165) is 11.3 Å². The first-order valence-corrected chi connectivity index (χ1v) is 12.3. The summed E-state index contributed by atoms with van der Waals surface area (Å²) < 4.78 is 11.6. The number of rotatable bonds is 11. The van der Waals surface area contributed by atoms with Gasteiger partial charge >= 0.3 is 0 Å². The van der Waals surface area contributed by atoms with Crippen LogP contribution in [0, 0.1) is 6.92 Å². The minimum Gasteiger partial charge on any atom is -0.492 e. The van der Waals surface area contributed by atoms with Crippen molar-refractivity contribution < 1.29 is 19.1 Å². The van der Waals surface area contributed by atoms with Crippen molar-refractivity contribution in [1.82, 2.24) is 0 Å². The van der Waals surface area contributed by atoms with Crippen molar-refractivity contribution in [2.75, 3.05) is 35.3 Å². The lowest BCUT2D eigenvalue weighted by molar-refractivity contribution is -0.115. The van der Waals surface area contributed by atoms with E-state index in [1.807, 2.05) is 56.0 Å². The molecule has 0 aliphatic rings. The SMILES string of the molecule is CCOc1cc(NC(=O)c2ccccc2)c(OCC)cc1NC(=O)CN(c1ccc(C)cc1)C(C)C. The fraction of sp³-hybridized carbons (Fsp3) is 0.310. The monoisotopic (exact) mass is 489 g/mol. The van der Waals surface area contributed by atoms with Crippen LogP contribution in [0.5, 0.6) is 11.5 Å². The Morgan fingerprint density at radius 3 is 1.92 bits per heavy atom. The number of ether oxygens (including phenoxy) is 2. The minimum atomic E-state index is -0.263. The van der Waals surface area contributed by atoms with Gasteiger partial charge in [0.25, 0.3) is 5.91 Å². The van der Waals surface area contributed by atoms with Crippen LogP contribution in [0.1, 0.15) is 43.6 Å². The highest BCUT2D eigenvalue weighted by molar-refractivity contribution is 6.05. The lowest BCUT2D eigenvalue weighted by Crippen LogP contribution is -2.38. The molecule has 3 aromatic rings. The van der Waals surface area contributed by atoms with Gasteiger partial charge in [-0.15, -0.1) is 0 Å². The Balaban J connectivity index is 1.85. The summed E-state index contributed by atoms with van der Waals surface area (Å²) in [5, 5.41) is 5.87. The summed E-state index contributed by atoms with van der Waals surface area (Å²) in [6, 6.07) is 20.6. The molecule has 36 heavy (non-hydrogen) atoms. The standard InChI is InChI=1S/C29H35N3O4/c1-6-35-26-18-25(31-29(34)22-11-9-8-10-12-22)27(36-7-2)17-24(26)30-28(33)19-32(20(3)4)23-15-13-21(5)14-16-23/h8-18,20H,6-7,19H2,1-5H3,(H,30,33)(H,31,34). The van der Waals surface area contributed by atoms with Crippen LogP contribution < -0.4 is 25.0 Å². The number of aryl methyl sites for hydroxylation is 1. The van der Waals surface area contributed by atoms with E-state index >= 15 is 0 Å². The van der Waals surface area contributed by atoms with E-state index in [1.165, 1.54) is 0 Å². The quantitative estimate of drug-likeness (QED) is 0.351. The van der Waals surface area contributed by atoms with E-state index in [-0.39, 0.29) is 24.4 Å². The van der Waals surface area contributed by atoms with Crippen molar-refractivity contribution in [1.29, 1.82) is 0 Å². The average molecular weight is 490 g/mol. The molecule has 0 aliphatic carbocycles. The van der Waals surface area contributed by atoms with Gasteiger partial charge in [0, 0.05) is 29.4 Å². The van der Waals surface area contributed by atoms with E-state index in [2.05, 4.69) is 24.5 Å². The van der Waals surface area contributed by atoms with Crippen LogP contribution in [-0.2, 0) is 4.79 Å². The Morgan fingerprint density at radius 1 is 0.833 bits per heavy atom. The molecule has 2 amide bonds. The fourth-order valence-electron chi connectivity index (χ4n) is 3.74. The van der Waals surface area contributed by atoms with Crippen molar-refractivity contribution in [2.45, 2.75) is 40.7 Å². The molecular weight excluding hydrogens is 454 g/mol. The molecule has 0 saturated heterocycles. The summed E-state index contributed by atoms with van der Waals surface area (Å²) in [5.41, 5.74) is 3.62. The van der Waals surface area contributed by atoms with Crippen molar-refractivity contribution in [2.24, 2.45) is 0 Å². The third kappa shape index (κ3) is 7.01. The Morgan fingerprint density at radius 2 is 1.39 bits per heavy atom. The first kappa shape index (κ1) is 26.6. The maximum Gasteiger partial charge on any atom is 0.255 e. The fourth-order valence-corrected chi connectivity index (χ4v) is 3.74. The summed E-state index contributed by atoms with van der Waals surface area (Å²) >= 11 is 0. The second-order valence-electron chi connectivity index (χ2n) is 8.64. The van der Waals surface area contributed by atoms with Crippen molar-refractivity contribution >= 4 is 28.9 Å². The summed E-state index contributed by atoms with van der Waals surface area (Å²) in [4.78, 5) is 27.9. The molecule has 7 nitrogen and oxygen atoms in total. The first-order valence-electron chi connectivity index (χ1n) is 12.3. The van der Waals surface area contributed by atoms with Gasteiger partial charge in [-0.05, 0) is 58.9 Å². The van der Waals surface area contributed by atoms with Crippen molar-refractivity contribution in [3.63, 3.8) is 0 Å². The number of amides is 2. The highest BCUT2D eigenvalue weighted by atomic mass is 16.5. The molecule has 0 radical (unpaired) electrons. The topological polar surface area (TPSA) is 79.9 Å². The average Bonchev–Trinajstić information content (AvgIpc) is 2.86. The maximum absolute atomic E-state index is 13.1. The minimum absolute atomic E-state index is 0.124. The zero-order valence-corrected chi connectivity index (χ0v) is 21.6. The summed E-state index contributed by atoms with van der Waals surface area (Å²) in [6.45, 7) is 10.8. The molecule has 0 aliphatic heterocycles. The molecule has 0 unspecified atom stereocenters. The van der Waals surface area contributed by atoms with Crippen LogP contribution in [-0.4, -0.2) is 37.6 Å².